The Hall–Kier alpha value is -3.85. The van der Waals surface area contributed by atoms with Crippen LogP contribution in [0.5, 0.6) is 5.75 Å². The van der Waals surface area contributed by atoms with Crippen molar-refractivity contribution in [3.05, 3.63) is 90.0 Å². The number of aromatic nitrogens is 4. The number of imide groups is 1. The first kappa shape index (κ1) is 22.3. The fourth-order valence-electron chi connectivity index (χ4n) is 3.24. The van der Waals surface area contributed by atoms with E-state index in [4.69, 9.17) is 4.74 Å². The van der Waals surface area contributed by atoms with E-state index < -0.39 is 11.8 Å². The first-order valence-electron chi connectivity index (χ1n) is 10.3. The number of thioether (sulfide) groups is 1. The summed E-state index contributed by atoms with van der Waals surface area (Å²) in [6, 6.07) is 20.8. The second kappa shape index (κ2) is 10.2. The van der Waals surface area contributed by atoms with E-state index in [0.717, 1.165) is 17.0 Å². The van der Waals surface area contributed by atoms with E-state index in [-0.39, 0.29) is 12.4 Å². The second-order valence-corrected chi connectivity index (χ2v) is 8.24. The lowest BCUT2D eigenvalue weighted by Crippen LogP contribution is -2.33. The molecule has 9 heteroatoms. The van der Waals surface area contributed by atoms with Crippen LogP contribution in [0.15, 0.2) is 78.1 Å². The number of aryl methyl sites for hydroxylation is 2. The molecule has 0 aliphatic rings. The van der Waals surface area contributed by atoms with Crippen LogP contribution in [0.4, 0.5) is 0 Å². The minimum atomic E-state index is -0.440. The van der Waals surface area contributed by atoms with Crippen molar-refractivity contribution in [2.24, 2.45) is 7.05 Å². The normalized spacial score (nSPS) is 10.7. The molecule has 0 saturated carbocycles. The van der Waals surface area contributed by atoms with Gasteiger partial charge in [0.2, 0.25) is 5.91 Å². The number of carbonyl (C=O) groups is 2. The Morgan fingerprint density at radius 3 is 2.48 bits per heavy atom. The molecule has 4 aromatic rings. The third-order valence-corrected chi connectivity index (χ3v) is 5.86. The predicted molar refractivity (Wildman–Crippen MR) is 125 cm³/mol. The van der Waals surface area contributed by atoms with E-state index in [1.54, 1.807) is 29.9 Å². The van der Waals surface area contributed by atoms with Gasteiger partial charge in [0.15, 0.2) is 11.0 Å². The molecule has 2 aromatic heterocycles. The molecule has 0 spiro atoms. The molecule has 168 valence electrons. The fraction of sp³-hybridized carbons (Fsp3) is 0.167. The van der Waals surface area contributed by atoms with Crippen LogP contribution in [0, 0.1) is 6.92 Å². The minimum Gasteiger partial charge on any atom is -0.485 e. The van der Waals surface area contributed by atoms with Crippen molar-refractivity contribution in [1.29, 1.82) is 0 Å². The van der Waals surface area contributed by atoms with E-state index in [0.29, 0.717) is 16.7 Å². The van der Waals surface area contributed by atoms with Gasteiger partial charge in [-0.3, -0.25) is 19.5 Å². The molecule has 8 nitrogen and oxygen atoms in total. The maximum Gasteiger partial charge on any atom is 0.274 e. The van der Waals surface area contributed by atoms with E-state index in [1.807, 2.05) is 66.1 Å². The Balaban J connectivity index is 1.48. The maximum atomic E-state index is 12.4. The number of ether oxygens (including phenoxy) is 1. The first-order chi connectivity index (χ1) is 16.0. The van der Waals surface area contributed by atoms with Gasteiger partial charge in [0.1, 0.15) is 18.1 Å². The number of benzene rings is 2. The van der Waals surface area contributed by atoms with Crippen LogP contribution in [0.2, 0.25) is 0 Å². The lowest BCUT2D eigenvalue weighted by Gasteiger charge is -2.12. The molecule has 0 unspecified atom stereocenters. The number of carbonyl (C=O) groups excluding carboxylic acids is 2. The average molecular weight is 462 g/mol. The van der Waals surface area contributed by atoms with Gasteiger partial charge in [0.05, 0.1) is 5.75 Å². The molecule has 0 saturated heterocycles. The highest BCUT2D eigenvalue weighted by atomic mass is 32.2. The third-order valence-electron chi connectivity index (χ3n) is 4.93. The molecule has 0 bridgehead atoms. The van der Waals surface area contributed by atoms with E-state index in [2.05, 4.69) is 15.5 Å². The van der Waals surface area contributed by atoms with Gasteiger partial charge in [0.25, 0.3) is 5.91 Å². The topological polar surface area (TPSA) is 91.0 Å². The van der Waals surface area contributed by atoms with Gasteiger partial charge in [-0.2, -0.15) is 0 Å². The summed E-state index contributed by atoms with van der Waals surface area (Å²) in [5.41, 5.74) is 2.29. The van der Waals surface area contributed by atoms with Crippen molar-refractivity contribution in [1.82, 2.24) is 24.6 Å². The van der Waals surface area contributed by atoms with Gasteiger partial charge in [-0.05, 0) is 42.8 Å². The molecule has 0 radical (unpaired) electrons. The van der Waals surface area contributed by atoms with Crippen LogP contribution < -0.4 is 10.1 Å². The number of hydrogen-bond acceptors (Lipinski definition) is 6. The smallest absolute Gasteiger partial charge is 0.274 e. The summed E-state index contributed by atoms with van der Waals surface area (Å²) in [6.45, 7) is 2.19. The SMILES string of the molecule is Cc1ccccc1OCc1nnc(SCC(=O)NC(=O)c2cccn2C)n1-c1ccccc1. The van der Waals surface area contributed by atoms with Gasteiger partial charge < -0.3 is 9.30 Å². The third kappa shape index (κ3) is 5.32. The van der Waals surface area contributed by atoms with Crippen molar-refractivity contribution in [2.45, 2.75) is 18.7 Å². The Bertz CT molecular complexity index is 1270. The summed E-state index contributed by atoms with van der Waals surface area (Å²) < 4.78 is 9.48. The molecule has 0 atom stereocenters. The number of nitrogens with zero attached hydrogens (tertiary/aromatic N) is 4. The predicted octanol–water partition coefficient (Wildman–Crippen LogP) is 3.54. The summed E-state index contributed by atoms with van der Waals surface area (Å²) in [7, 11) is 1.75. The Morgan fingerprint density at radius 1 is 1.00 bits per heavy atom. The van der Waals surface area contributed by atoms with Crippen LogP contribution in [0.1, 0.15) is 21.9 Å². The number of amides is 2. The molecule has 2 aromatic carbocycles. The monoisotopic (exact) mass is 461 g/mol. The fourth-order valence-corrected chi connectivity index (χ4v) is 4.01. The lowest BCUT2D eigenvalue weighted by atomic mass is 10.2. The number of nitrogens with one attached hydrogen (secondary N) is 1. The molecule has 0 fully saturated rings. The summed E-state index contributed by atoms with van der Waals surface area (Å²) in [6.07, 6.45) is 1.75. The first-order valence-corrected chi connectivity index (χ1v) is 11.3. The molecular formula is C24H23N5O3S. The summed E-state index contributed by atoms with van der Waals surface area (Å²) in [5, 5.41) is 11.5. The summed E-state index contributed by atoms with van der Waals surface area (Å²) >= 11 is 1.20. The Morgan fingerprint density at radius 2 is 1.76 bits per heavy atom. The van der Waals surface area contributed by atoms with Crippen LogP contribution in [-0.2, 0) is 18.4 Å². The number of rotatable bonds is 8. The Kier molecular flexibility index (Phi) is 6.89. The van der Waals surface area contributed by atoms with Crippen LogP contribution >= 0.6 is 11.8 Å². The maximum absolute atomic E-state index is 12.4. The Labute approximate surface area is 195 Å². The second-order valence-electron chi connectivity index (χ2n) is 7.29. The van der Waals surface area contributed by atoms with Gasteiger partial charge in [0, 0.05) is 18.9 Å². The number of hydrogen-bond donors (Lipinski definition) is 1. The van der Waals surface area contributed by atoms with E-state index >= 15 is 0 Å². The summed E-state index contributed by atoms with van der Waals surface area (Å²) in [4.78, 5) is 24.7. The van der Waals surface area contributed by atoms with Crippen LogP contribution in [-0.4, -0.2) is 36.9 Å². The molecule has 2 heterocycles. The molecule has 33 heavy (non-hydrogen) atoms. The van der Waals surface area contributed by atoms with Crippen LogP contribution in [0.25, 0.3) is 5.69 Å². The van der Waals surface area contributed by atoms with E-state index in [9.17, 15) is 9.59 Å². The minimum absolute atomic E-state index is 0.0137. The highest BCUT2D eigenvalue weighted by Crippen LogP contribution is 2.24. The van der Waals surface area contributed by atoms with E-state index in [1.165, 1.54) is 11.8 Å². The molecule has 0 aliphatic carbocycles. The zero-order valence-electron chi connectivity index (χ0n) is 18.3. The number of para-hydroxylation sites is 2. The highest BCUT2D eigenvalue weighted by molar-refractivity contribution is 7.99. The summed E-state index contributed by atoms with van der Waals surface area (Å²) in [5.74, 6) is 0.538. The standard InChI is InChI=1S/C24H23N5O3S/c1-17-9-6-7-13-20(17)32-15-21-26-27-24(29(21)18-10-4-3-5-11-18)33-16-22(30)25-23(31)19-12-8-14-28(19)2/h3-14H,15-16H2,1-2H3,(H,25,30,31). The molecule has 0 aliphatic heterocycles. The van der Waals surface area contributed by atoms with Gasteiger partial charge >= 0.3 is 0 Å². The van der Waals surface area contributed by atoms with Crippen molar-refractivity contribution >= 4 is 23.6 Å². The van der Waals surface area contributed by atoms with Crippen molar-refractivity contribution in [3.8, 4) is 11.4 Å². The molecule has 1 N–H and O–H groups in total. The van der Waals surface area contributed by atoms with Gasteiger partial charge in [-0.15, -0.1) is 10.2 Å². The van der Waals surface area contributed by atoms with Crippen molar-refractivity contribution in [3.63, 3.8) is 0 Å². The highest BCUT2D eigenvalue weighted by Gasteiger charge is 2.18. The van der Waals surface area contributed by atoms with Crippen molar-refractivity contribution < 1.29 is 14.3 Å². The average Bonchev–Trinajstić information content (AvgIpc) is 3.43. The zero-order valence-corrected chi connectivity index (χ0v) is 19.1. The zero-order chi connectivity index (χ0) is 23.2. The van der Waals surface area contributed by atoms with Gasteiger partial charge in [-0.1, -0.05) is 48.2 Å². The quantitative estimate of drug-likeness (QED) is 0.404. The molecular weight excluding hydrogens is 438 g/mol. The van der Waals surface area contributed by atoms with Crippen LogP contribution in [0.3, 0.4) is 0 Å². The molecule has 2 amide bonds. The molecule has 4 rings (SSSR count). The lowest BCUT2D eigenvalue weighted by molar-refractivity contribution is -0.117. The largest absolute Gasteiger partial charge is 0.485 e. The van der Waals surface area contributed by atoms with Gasteiger partial charge in [-0.25, -0.2) is 0 Å². The van der Waals surface area contributed by atoms with Crippen molar-refractivity contribution in [2.75, 3.05) is 5.75 Å².